The summed E-state index contributed by atoms with van der Waals surface area (Å²) in [5.74, 6) is 0.467. The van der Waals surface area contributed by atoms with Crippen LogP contribution in [0.2, 0.25) is 0 Å². The van der Waals surface area contributed by atoms with Crippen molar-refractivity contribution in [2.75, 3.05) is 0 Å². The van der Waals surface area contributed by atoms with E-state index < -0.39 is 6.10 Å². The average molecular weight is 225 g/mol. The van der Waals surface area contributed by atoms with Gasteiger partial charge in [0.05, 0.1) is 6.42 Å². The molecule has 0 radical (unpaired) electrons. The van der Waals surface area contributed by atoms with E-state index in [9.17, 15) is 9.90 Å². The van der Waals surface area contributed by atoms with Crippen LogP contribution in [0.5, 0.6) is 0 Å². The molecule has 0 saturated heterocycles. The summed E-state index contributed by atoms with van der Waals surface area (Å²) in [6, 6.07) is 0. The molecule has 16 heavy (non-hydrogen) atoms. The second kappa shape index (κ2) is 6.37. The fraction of sp³-hybridized carbons (Fsp3) is 0.727. The number of hydrogen-bond acceptors (Lipinski definition) is 4. The fourth-order valence-electron chi connectivity index (χ4n) is 1.53. The normalized spacial score (nSPS) is 12.7. The van der Waals surface area contributed by atoms with Crippen LogP contribution in [0.25, 0.3) is 0 Å². The van der Waals surface area contributed by atoms with Gasteiger partial charge >= 0.3 is 0 Å². The van der Waals surface area contributed by atoms with Gasteiger partial charge in [-0.1, -0.05) is 20.3 Å². The van der Waals surface area contributed by atoms with E-state index in [2.05, 4.69) is 10.1 Å². The van der Waals surface area contributed by atoms with Gasteiger partial charge in [-0.3, -0.25) is 4.79 Å². The average Bonchev–Trinajstić information content (AvgIpc) is 2.67. The van der Waals surface area contributed by atoms with Crippen molar-refractivity contribution < 1.29 is 9.90 Å². The fourth-order valence-corrected chi connectivity index (χ4v) is 1.53. The number of aromatic nitrogens is 3. The molecule has 0 spiro atoms. The lowest BCUT2D eigenvalue weighted by Crippen LogP contribution is -2.23. The van der Waals surface area contributed by atoms with E-state index >= 15 is 0 Å². The minimum absolute atomic E-state index is 0.168. The van der Waals surface area contributed by atoms with Crippen LogP contribution in [0.3, 0.4) is 0 Å². The van der Waals surface area contributed by atoms with Gasteiger partial charge in [-0.05, 0) is 12.8 Å². The zero-order chi connectivity index (χ0) is 12.0. The van der Waals surface area contributed by atoms with E-state index in [-0.39, 0.29) is 12.2 Å². The highest BCUT2D eigenvalue weighted by molar-refractivity contribution is 5.84. The molecular weight excluding hydrogens is 206 g/mol. The van der Waals surface area contributed by atoms with E-state index in [0.29, 0.717) is 12.2 Å². The number of aryl methyl sites for hydroxylation is 1. The van der Waals surface area contributed by atoms with Crippen molar-refractivity contribution in [3.63, 3.8) is 0 Å². The predicted octanol–water partition coefficient (Wildman–Crippen LogP) is 0.961. The maximum absolute atomic E-state index is 11.6. The second-order valence-corrected chi connectivity index (χ2v) is 3.85. The zero-order valence-electron chi connectivity index (χ0n) is 9.89. The summed E-state index contributed by atoms with van der Waals surface area (Å²) in [4.78, 5) is 15.7. The lowest BCUT2D eigenvalue weighted by Gasteiger charge is -2.08. The Hall–Kier alpha value is -1.23. The number of carbonyl (C=O) groups excluding carboxylic acids is 1. The lowest BCUT2D eigenvalue weighted by atomic mass is 10.1. The largest absolute Gasteiger partial charge is 0.385 e. The third-order valence-corrected chi connectivity index (χ3v) is 2.40. The van der Waals surface area contributed by atoms with Crippen LogP contribution in [0, 0.1) is 0 Å². The summed E-state index contributed by atoms with van der Waals surface area (Å²) in [6.45, 7) is 4.74. The SMILES string of the molecule is CCCC(O)C(=O)Cc1ncnn1CCC. The lowest BCUT2D eigenvalue weighted by molar-refractivity contribution is -0.126. The molecule has 0 fully saturated rings. The molecule has 5 heteroatoms. The topological polar surface area (TPSA) is 68.0 Å². The summed E-state index contributed by atoms with van der Waals surface area (Å²) >= 11 is 0. The molecule has 1 rings (SSSR count). The Balaban J connectivity index is 2.58. The van der Waals surface area contributed by atoms with E-state index in [4.69, 9.17) is 0 Å². The van der Waals surface area contributed by atoms with Crippen LogP contribution < -0.4 is 0 Å². The summed E-state index contributed by atoms with van der Waals surface area (Å²) in [5.41, 5.74) is 0. The van der Waals surface area contributed by atoms with Crippen molar-refractivity contribution in [3.05, 3.63) is 12.2 Å². The van der Waals surface area contributed by atoms with Crippen molar-refractivity contribution in [1.82, 2.24) is 14.8 Å². The number of aliphatic hydroxyl groups is 1. The van der Waals surface area contributed by atoms with Crippen LogP contribution in [0.4, 0.5) is 0 Å². The molecule has 1 aromatic heterocycles. The quantitative estimate of drug-likeness (QED) is 0.750. The summed E-state index contributed by atoms with van der Waals surface area (Å²) in [6.07, 6.45) is 3.01. The Morgan fingerprint density at radius 3 is 2.88 bits per heavy atom. The summed E-state index contributed by atoms with van der Waals surface area (Å²) < 4.78 is 1.72. The monoisotopic (exact) mass is 225 g/mol. The molecule has 0 amide bonds. The van der Waals surface area contributed by atoms with Gasteiger partial charge in [0, 0.05) is 6.54 Å². The van der Waals surface area contributed by atoms with Crippen molar-refractivity contribution in [3.8, 4) is 0 Å². The number of aliphatic hydroxyl groups excluding tert-OH is 1. The Kier molecular flexibility index (Phi) is 5.11. The summed E-state index contributed by atoms with van der Waals surface area (Å²) in [5, 5.41) is 13.6. The molecule has 1 N–H and O–H groups in total. The molecule has 90 valence electrons. The molecule has 1 atom stereocenters. The molecule has 0 aliphatic heterocycles. The van der Waals surface area contributed by atoms with E-state index in [1.807, 2.05) is 13.8 Å². The van der Waals surface area contributed by atoms with Crippen LogP contribution in [-0.4, -0.2) is 31.8 Å². The molecule has 0 bridgehead atoms. The maximum Gasteiger partial charge on any atom is 0.168 e. The minimum atomic E-state index is -0.864. The van der Waals surface area contributed by atoms with E-state index in [1.165, 1.54) is 6.33 Å². The van der Waals surface area contributed by atoms with Gasteiger partial charge < -0.3 is 5.11 Å². The van der Waals surface area contributed by atoms with E-state index in [1.54, 1.807) is 4.68 Å². The van der Waals surface area contributed by atoms with E-state index in [0.717, 1.165) is 19.4 Å². The highest BCUT2D eigenvalue weighted by Gasteiger charge is 2.17. The molecule has 0 aromatic carbocycles. The molecule has 0 aliphatic rings. The van der Waals surface area contributed by atoms with Gasteiger partial charge in [-0.15, -0.1) is 0 Å². The molecule has 1 aromatic rings. The Morgan fingerprint density at radius 1 is 1.50 bits per heavy atom. The van der Waals surface area contributed by atoms with Crippen LogP contribution >= 0.6 is 0 Å². The number of Topliss-reactive ketones (excluding diaryl/α,β-unsaturated/α-hetero) is 1. The van der Waals surface area contributed by atoms with Gasteiger partial charge in [-0.25, -0.2) is 9.67 Å². The molecule has 0 saturated carbocycles. The number of rotatable bonds is 7. The summed E-state index contributed by atoms with van der Waals surface area (Å²) in [7, 11) is 0. The number of ketones is 1. The molecular formula is C11H19N3O2. The number of carbonyl (C=O) groups is 1. The van der Waals surface area contributed by atoms with Gasteiger partial charge in [0.15, 0.2) is 5.78 Å². The van der Waals surface area contributed by atoms with Crippen molar-refractivity contribution in [2.45, 2.75) is 52.2 Å². The number of nitrogens with zero attached hydrogens (tertiary/aromatic N) is 3. The maximum atomic E-state index is 11.6. The van der Waals surface area contributed by atoms with Gasteiger partial charge in [0.2, 0.25) is 0 Å². The highest BCUT2D eigenvalue weighted by Crippen LogP contribution is 2.04. The standard InChI is InChI=1S/C11H19N3O2/c1-3-5-9(15)10(16)7-11-12-8-13-14(11)6-4-2/h8-9,15H,3-7H2,1-2H3. The first-order chi connectivity index (χ1) is 7.69. The zero-order valence-corrected chi connectivity index (χ0v) is 9.89. The molecule has 0 aliphatic carbocycles. The van der Waals surface area contributed by atoms with Gasteiger partial charge in [0.25, 0.3) is 0 Å². The smallest absolute Gasteiger partial charge is 0.168 e. The second-order valence-electron chi connectivity index (χ2n) is 3.85. The van der Waals surface area contributed by atoms with Crippen LogP contribution in [0.1, 0.15) is 38.9 Å². The molecule has 1 unspecified atom stereocenters. The third-order valence-electron chi connectivity index (χ3n) is 2.40. The Labute approximate surface area is 95.5 Å². The highest BCUT2D eigenvalue weighted by atomic mass is 16.3. The van der Waals surface area contributed by atoms with Gasteiger partial charge in [0.1, 0.15) is 18.3 Å². The molecule has 5 nitrogen and oxygen atoms in total. The minimum Gasteiger partial charge on any atom is -0.385 e. The van der Waals surface area contributed by atoms with Crippen molar-refractivity contribution in [1.29, 1.82) is 0 Å². The first-order valence-corrected chi connectivity index (χ1v) is 5.76. The molecule has 1 heterocycles. The van der Waals surface area contributed by atoms with Crippen molar-refractivity contribution >= 4 is 5.78 Å². The number of hydrogen-bond donors (Lipinski definition) is 1. The van der Waals surface area contributed by atoms with Crippen LogP contribution in [-0.2, 0) is 17.8 Å². The van der Waals surface area contributed by atoms with Gasteiger partial charge in [-0.2, -0.15) is 5.10 Å². The Morgan fingerprint density at radius 2 is 2.25 bits per heavy atom. The predicted molar refractivity (Wildman–Crippen MR) is 59.9 cm³/mol. The van der Waals surface area contributed by atoms with Crippen LogP contribution in [0.15, 0.2) is 6.33 Å². The first kappa shape index (κ1) is 12.8. The third kappa shape index (κ3) is 3.41. The van der Waals surface area contributed by atoms with Crippen molar-refractivity contribution in [2.24, 2.45) is 0 Å². The Bertz CT molecular complexity index is 336. The first-order valence-electron chi connectivity index (χ1n) is 5.76.